The van der Waals surface area contributed by atoms with Crippen molar-refractivity contribution in [3.05, 3.63) is 0 Å². The summed E-state index contributed by atoms with van der Waals surface area (Å²) in [6.07, 6.45) is 11.7. The molecule has 1 aliphatic rings. The number of methoxy groups -OCH3 is 1. The number of rotatable bonds is 8. The maximum atomic E-state index is 6.09. The van der Waals surface area contributed by atoms with Crippen LogP contribution in [0.2, 0.25) is 0 Å². The fraction of sp³-hybridized carbons (Fsp3) is 1.00. The van der Waals surface area contributed by atoms with Gasteiger partial charge in [-0.3, -0.25) is 0 Å². The zero-order valence-corrected chi connectivity index (χ0v) is 13.6. The minimum Gasteiger partial charge on any atom is -0.377 e. The Kier molecular flexibility index (Phi) is 8.01. The topological polar surface area (TPSA) is 21.3 Å². The van der Waals surface area contributed by atoms with Crippen LogP contribution in [-0.2, 0) is 4.74 Å². The lowest BCUT2D eigenvalue weighted by atomic mass is 9.82. The van der Waals surface area contributed by atoms with E-state index in [1.165, 1.54) is 57.8 Å². The Labute approximate surface area is 120 Å². The molecular formula is C17H35NO. The second kappa shape index (κ2) is 8.97. The summed E-state index contributed by atoms with van der Waals surface area (Å²) in [4.78, 5) is 0. The first-order chi connectivity index (χ1) is 9.14. The molecule has 1 rings (SSSR count). The molecule has 0 radical (unpaired) electrons. The highest BCUT2D eigenvalue weighted by atomic mass is 16.5. The zero-order chi connectivity index (χ0) is 14.1. The van der Waals surface area contributed by atoms with Gasteiger partial charge in [-0.25, -0.2) is 0 Å². The van der Waals surface area contributed by atoms with Crippen molar-refractivity contribution in [2.75, 3.05) is 13.7 Å². The van der Waals surface area contributed by atoms with Crippen LogP contribution in [0.3, 0.4) is 0 Å². The van der Waals surface area contributed by atoms with Gasteiger partial charge in [0.15, 0.2) is 0 Å². The summed E-state index contributed by atoms with van der Waals surface area (Å²) in [7, 11) is 1.93. The van der Waals surface area contributed by atoms with E-state index in [0.717, 1.165) is 12.5 Å². The fourth-order valence-electron chi connectivity index (χ4n) is 3.39. The quantitative estimate of drug-likeness (QED) is 0.654. The van der Waals surface area contributed by atoms with Crippen LogP contribution in [0.5, 0.6) is 0 Å². The average molecular weight is 269 g/mol. The van der Waals surface area contributed by atoms with E-state index in [1.807, 2.05) is 7.11 Å². The molecule has 1 atom stereocenters. The summed E-state index contributed by atoms with van der Waals surface area (Å²) >= 11 is 0. The first kappa shape index (κ1) is 17.0. The molecule has 0 spiro atoms. The second-order valence-electron chi connectivity index (χ2n) is 6.66. The van der Waals surface area contributed by atoms with Crippen molar-refractivity contribution in [3.8, 4) is 0 Å². The molecule has 0 aromatic rings. The Morgan fingerprint density at radius 3 is 2.16 bits per heavy atom. The van der Waals surface area contributed by atoms with Crippen LogP contribution in [0.15, 0.2) is 0 Å². The molecule has 2 nitrogen and oxygen atoms in total. The Hall–Kier alpha value is -0.0800. The van der Waals surface area contributed by atoms with E-state index in [-0.39, 0.29) is 5.60 Å². The molecule has 1 saturated carbocycles. The molecule has 1 N–H and O–H groups in total. The third kappa shape index (κ3) is 5.43. The standard InChI is InChI=1S/C17H35NO/c1-5-14-18-16(11-10-15(2)3)17(19-4)12-8-6-7-9-13-17/h15-16,18H,5-14H2,1-4H3. The third-order valence-electron chi connectivity index (χ3n) is 4.66. The average Bonchev–Trinajstić information content (AvgIpc) is 2.65. The van der Waals surface area contributed by atoms with Gasteiger partial charge in [0.05, 0.1) is 5.60 Å². The van der Waals surface area contributed by atoms with Gasteiger partial charge < -0.3 is 10.1 Å². The molecule has 1 fully saturated rings. The number of hydrogen-bond donors (Lipinski definition) is 1. The minimum atomic E-state index is 0.0978. The van der Waals surface area contributed by atoms with Crippen molar-refractivity contribution in [1.29, 1.82) is 0 Å². The SMILES string of the molecule is CCCNC(CCC(C)C)C1(OC)CCCCCC1. The van der Waals surface area contributed by atoms with Crippen LogP contribution in [0, 0.1) is 5.92 Å². The van der Waals surface area contributed by atoms with Gasteiger partial charge in [0.1, 0.15) is 0 Å². The maximum absolute atomic E-state index is 6.09. The molecule has 0 aromatic carbocycles. The highest BCUT2D eigenvalue weighted by molar-refractivity contribution is 4.94. The van der Waals surface area contributed by atoms with E-state index in [9.17, 15) is 0 Å². The van der Waals surface area contributed by atoms with Crippen LogP contribution < -0.4 is 5.32 Å². The van der Waals surface area contributed by atoms with Crippen molar-refractivity contribution in [1.82, 2.24) is 5.32 Å². The fourth-order valence-corrected chi connectivity index (χ4v) is 3.39. The van der Waals surface area contributed by atoms with Gasteiger partial charge in [0.25, 0.3) is 0 Å². The summed E-state index contributed by atoms with van der Waals surface area (Å²) in [6, 6.07) is 0.540. The second-order valence-corrected chi connectivity index (χ2v) is 6.66. The molecule has 1 unspecified atom stereocenters. The Balaban J connectivity index is 2.70. The Bertz CT molecular complexity index is 219. The molecule has 19 heavy (non-hydrogen) atoms. The van der Waals surface area contributed by atoms with Crippen LogP contribution in [-0.4, -0.2) is 25.3 Å². The van der Waals surface area contributed by atoms with Crippen molar-refractivity contribution in [2.45, 2.75) is 90.2 Å². The lowest BCUT2D eigenvalue weighted by molar-refractivity contribution is -0.0557. The molecule has 0 aliphatic heterocycles. The molecule has 2 heteroatoms. The van der Waals surface area contributed by atoms with Crippen molar-refractivity contribution >= 4 is 0 Å². The maximum Gasteiger partial charge on any atom is 0.0830 e. The molecule has 0 heterocycles. The first-order valence-electron chi connectivity index (χ1n) is 8.43. The summed E-state index contributed by atoms with van der Waals surface area (Å²) in [5.74, 6) is 0.783. The summed E-state index contributed by atoms with van der Waals surface area (Å²) in [5.41, 5.74) is 0.0978. The van der Waals surface area contributed by atoms with Crippen molar-refractivity contribution in [2.24, 2.45) is 5.92 Å². The van der Waals surface area contributed by atoms with E-state index in [2.05, 4.69) is 26.1 Å². The summed E-state index contributed by atoms with van der Waals surface area (Å²) in [6.45, 7) is 8.01. The number of ether oxygens (including phenoxy) is 1. The third-order valence-corrected chi connectivity index (χ3v) is 4.66. The molecule has 0 bridgehead atoms. The Morgan fingerprint density at radius 1 is 1.05 bits per heavy atom. The van der Waals surface area contributed by atoms with Gasteiger partial charge in [0.2, 0.25) is 0 Å². The van der Waals surface area contributed by atoms with E-state index in [0.29, 0.717) is 6.04 Å². The summed E-state index contributed by atoms with van der Waals surface area (Å²) < 4.78 is 6.09. The highest BCUT2D eigenvalue weighted by Gasteiger charge is 2.38. The van der Waals surface area contributed by atoms with Crippen LogP contribution >= 0.6 is 0 Å². The molecule has 114 valence electrons. The minimum absolute atomic E-state index is 0.0978. The zero-order valence-electron chi connectivity index (χ0n) is 13.6. The lowest BCUT2D eigenvalue weighted by Crippen LogP contribution is -2.52. The molecule has 0 aromatic heterocycles. The van der Waals surface area contributed by atoms with Gasteiger partial charge in [-0.15, -0.1) is 0 Å². The molecule has 0 amide bonds. The van der Waals surface area contributed by atoms with E-state index < -0.39 is 0 Å². The predicted molar refractivity (Wildman–Crippen MR) is 83.6 cm³/mol. The van der Waals surface area contributed by atoms with Gasteiger partial charge in [-0.05, 0) is 44.6 Å². The van der Waals surface area contributed by atoms with Crippen LogP contribution in [0.1, 0.15) is 78.6 Å². The van der Waals surface area contributed by atoms with Crippen molar-refractivity contribution < 1.29 is 4.74 Å². The van der Waals surface area contributed by atoms with E-state index in [1.54, 1.807) is 0 Å². The largest absolute Gasteiger partial charge is 0.377 e. The number of nitrogens with one attached hydrogen (secondary N) is 1. The van der Waals surface area contributed by atoms with Gasteiger partial charge >= 0.3 is 0 Å². The van der Waals surface area contributed by atoms with E-state index >= 15 is 0 Å². The lowest BCUT2D eigenvalue weighted by Gasteiger charge is -2.40. The van der Waals surface area contributed by atoms with E-state index in [4.69, 9.17) is 4.74 Å². The highest BCUT2D eigenvalue weighted by Crippen LogP contribution is 2.35. The van der Waals surface area contributed by atoms with Gasteiger partial charge in [0, 0.05) is 13.2 Å². The number of hydrogen-bond acceptors (Lipinski definition) is 2. The summed E-state index contributed by atoms with van der Waals surface area (Å²) in [5, 5.41) is 3.79. The first-order valence-corrected chi connectivity index (χ1v) is 8.43. The Morgan fingerprint density at radius 2 is 1.68 bits per heavy atom. The monoisotopic (exact) mass is 269 g/mol. The normalized spacial score (nSPS) is 21.3. The molecule has 0 saturated heterocycles. The van der Waals surface area contributed by atoms with Gasteiger partial charge in [-0.1, -0.05) is 46.5 Å². The smallest absolute Gasteiger partial charge is 0.0830 e. The molecular weight excluding hydrogens is 234 g/mol. The van der Waals surface area contributed by atoms with Crippen LogP contribution in [0.4, 0.5) is 0 Å². The molecule has 1 aliphatic carbocycles. The van der Waals surface area contributed by atoms with Crippen LogP contribution in [0.25, 0.3) is 0 Å². The van der Waals surface area contributed by atoms with Crippen molar-refractivity contribution in [3.63, 3.8) is 0 Å². The predicted octanol–water partition coefficient (Wildman–Crippen LogP) is 4.53. The van der Waals surface area contributed by atoms with Gasteiger partial charge in [-0.2, -0.15) is 0 Å².